The number of aliphatic hydroxyl groups is 1. The molecule has 1 unspecified atom stereocenters. The first-order valence-corrected chi connectivity index (χ1v) is 9.84. The fourth-order valence-corrected chi connectivity index (χ4v) is 4.21. The SMILES string of the molecule is COc1ccc(/C(O)=C2\C(=O)C(=O)N(c3cc(C)on3)C2c2cccs2)cc1OC. The zero-order valence-electron chi connectivity index (χ0n) is 16.4. The summed E-state index contributed by atoms with van der Waals surface area (Å²) in [6.07, 6.45) is 0. The molecule has 0 radical (unpaired) electrons. The lowest BCUT2D eigenvalue weighted by Crippen LogP contribution is -2.29. The summed E-state index contributed by atoms with van der Waals surface area (Å²) >= 11 is 1.37. The van der Waals surface area contributed by atoms with E-state index in [1.54, 1.807) is 37.3 Å². The molecule has 0 spiro atoms. The summed E-state index contributed by atoms with van der Waals surface area (Å²) in [5.74, 6) is -0.338. The molecule has 1 aliphatic rings. The molecule has 3 aromatic rings. The minimum absolute atomic E-state index is 0.0321. The third kappa shape index (κ3) is 3.13. The van der Waals surface area contributed by atoms with Crippen molar-refractivity contribution >= 4 is 34.6 Å². The third-order valence-corrected chi connectivity index (χ3v) is 5.70. The lowest BCUT2D eigenvalue weighted by Gasteiger charge is -2.21. The van der Waals surface area contributed by atoms with Gasteiger partial charge in [-0.1, -0.05) is 11.2 Å². The van der Waals surface area contributed by atoms with Crippen LogP contribution in [0.15, 0.2) is 51.9 Å². The molecule has 1 N–H and O–H groups in total. The summed E-state index contributed by atoms with van der Waals surface area (Å²) in [5, 5.41) is 16.8. The first-order valence-electron chi connectivity index (χ1n) is 8.96. The highest BCUT2D eigenvalue weighted by atomic mass is 32.1. The Balaban J connectivity index is 1.90. The maximum absolute atomic E-state index is 13.0. The van der Waals surface area contributed by atoms with Gasteiger partial charge in [0.2, 0.25) is 0 Å². The molecule has 30 heavy (non-hydrogen) atoms. The van der Waals surface area contributed by atoms with Crippen LogP contribution in [0.25, 0.3) is 5.76 Å². The van der Waals surface area contributed by atoms with Gasteiger partial charge in [0.05, 0.1) is 19.8 Å². The van der Waals surface area contributed by atoms with E-state index in [2.05, 4.69) is 5.16 Å². The molecule has 1 amide bonds. The van der Waals surface area contributed by atoms with Gasteiger partial charge in [-0.15, -0.1) is 11.3 Å². The number of aromatic nitrogens is 1. The number of thiophene rings is 1. The second kappa shape index (κ2) is 7.68. The first kappa shape index (κ1) is 19.7. The lowest BCUT2D eigenvalue weighted by molar-refractivity contribution is -0.132. The number of aryl methyl sites for hydroxylation is 1. The van der Waals surface area contributed by atoms with Crippen LogP contribution >= 0.6 is 11.3 Å². The van der Waals surface area contributed by atoms with Crippen LogP contribution in [0.5, 0.6) is 11.5 Å². The van der Waals surface area contributed by atoms with Crippen LogP contribution in [-0.4, -0.2) is 36.2 Å². The molecule has 1 aromatic carbocycles. The van der Waals surface area contributed by atoms with E-state index in [1.807, 2.05) is 11.4 Å². The molecule has 3 heterocycles. The van der Waals surface area contributed by atoms with Crippen LogP contribution in [0.3, 0.4) is 0 Å². The van der Waals surface area contributed by atoms with Crippen LogP contribution in [0, 0.1) is 6.92 Å². The van der Waals surface area contributed by atoms with Crippen molar-refractivity contribution in [2.24, 2.45) is 0 Å². The Labute approximate surface area is 175 Å². The number of Topliss-reactive ketones (excluding diaryl/α,β-unsaturated/α-hetero) is 1. The molecule has 154 valence electrons. The Kier molecular flexibility index (Phi) is 5.04. The van der Waals surface area contributed by atoms with Gasteiger partial charge in [-0.3, -0.25) is 14.5 Å². The predicted molar refractivity (Wildman–Crippen MR) is 110 cm³/mol. The van der Waals surface area contributed by atoms with Crippen LogP contribution in [-0.2, 0) is 9.59 Å². The summed E-state index contributed by atoms with van der Waals surface area (Å²) in [6.45, 7) is 1.69. The number of benzene rings is 1. The van der Waals surface area contributed by atoms with Gasteiger partial charge < -0.3 is 19.1 Å². The largest absolute Gasteiger partial charge is 0.507 e. The van der Waals surface area contributed by atoms with E-state index in [4.69, 9.17) is 14.0 Å². The Morgan fingerprint density at radius 3 is 2.53 bits per heavy atom. The molecule has 1 aliphatic heterocycles. The average molecular weight is 426 g/mol. The molecule has 1 atom stereocenters. The van der Waals surface area contributed by atoms with Gasteiger partial charge in [0.15, 0.2) is 17.3 Å². The summed E-state index contributed by atoms with van der Waals surface area (Å²) < 4.78 is 15.6. The molecule has 9 heteroatoms. The molecule has 2 aromatic heterocycles. The Bertz CT molecular complexity index is 1150. The third-order valence-electron chi connectivity index (χ3n) is 4.78. The minimum atomic E-state index is -0.831. The molecule has 0 bridgehead atoms. The number of nitrogens with zero attached hydrogens (tertiary/aromatic N) is 2. The van der Waals surface area contributed by atoms with E-state index in [9.17, 15) is 14.7 Å². The van der Waals surface area contributed by atoms with Gasteiger partial charge in [-0.2, -0.15) is 0 Å². The van der Waals surface area contributed by atoms with Crippen molar-refractivity contribution in [2.75, 3.05) is 19.1 Å². The van der Waals surface area contributed by atoms with Crippen molar-refractivity contribution in [3.05, 3.63) is 63.6 Å². The van der Waals surface area contributed by atoms with Gasteiger partial charge in [-0.25, -0.2) is 0 Å². The number of anilines is 1. The molecular weight excluding hydrogens is 408 g/mol. The number of aliphatic hydroxyl groups excluding tert-OH is 1. The number of methoxy groups -OCH3 is 2. The number of ether oxygens (including phenoxy) is 2. The molecule has 0 saturated carbocycles. The van der Waals surface area contributed by atoms with Gasteiger partial charge in [-0.05, 0) is 36.6 Å². The zero-order chi connectivity index (χ0) is 21.4. The number of carbonyl (C=O) groups excluding carboxylic acids is 2. The minimum Gasteiger partial charge on any atom is -0.507 e. The Morgan fingerprint density at radius 1 is 1.17 bits per heavy atom. The van der Waals surface area contributed by atoms with Crippen molar-refractivity contribution in [1.29, 1.82) is 0 Å². The summed E-state index contributed by atoms with van der Waals surface area (Å²) in [7, 11) is 2.97. The number of amides is 1. The van der Waals surface area contributed by atoms with Crippen LogP contribution in [0.4, 0.5) is 5.82 Å². The van der Waals surface area contributed by atoms with Crippen molar-refractivity contribution in [3.8, 4) is 11.5 Å². The average Bonchev–Trinajstić information content (AvgIpc) is 3.48. The smallest absolute Gasteiger partial charge is 0.301 e. The second-order valence-electron chi connectivity index (χ2n) is 6.55. The molecule has 8 nitrogen and oxygen atoms in total. The Hall–Kier alpha value is -3.59. The van der Waals surface area contributed by atoms with Crippen LogP contribution in [0.1, 0.15) is 22.2 Å². The Morgan fingerprint density at radius 2 is 1.93 bits per heavy atom. The molecular formula is C21H18N2O6S. The molecule has 1 saturated heterocycles. The molecule has 0 aliphatic carbocycles. The van der Waals surface area contributed by atoms with E-state index < -0.39 is 17.7 Å². The van der Waals surface area contributed by atoms with E-state index in [0.29, 0.717) is 27.7 Å². The maximum atomic E-state index is 13.0. The number of rotatable bonds is 5. The first-order chi connectivity index (χ1) is 14.5. The fourth-order valence-electron chi connectivity index (χ4n) is 3.39. The number of hydrogen-bond acceptors (Lipinski definition) is 8. The fraction of sp³-hybridized carbons (Fsp3) is 0.190. The van der Waals surface area contributed by atoms with Gasteiger partial charge in [0, 0.05) is 16.5 Å². The summed E-state index contributed by atoms with van der Waals surface area (Å²) in [5.41, 5.74) is 0.291. The van der Waals surface area contributed by atoms with Crippen LogP contribution in [0.2, 0.25) is 0 Å². The van der Waals surface area contributed by atoms with Crippen molar-refractivity contribution in [3.63, 3.8) is 0 Å². The lowest BCUT2D eigenvalue weighted by atomic mass is 9.99. The number of hydrogen-bond donors (Lipinski definition) is 1. The molecule has 1 fully saturated rings. The molecule has 4 rings (SSSR count). The van der Waals surface area contributed by atoms with Crippen molar-refractivity contribution < 1.29 is 28.7 Å². The topological polar surface area (TPSA) is 102 Å². The van der Waals surface area contributed by atoms with Gasteiger partial charge in [0.25, 0.3) is 5.78 Å². The van der Waals surface area contributed by atoms with Crippen molar-refractivity contribution in [2.45, 2.75) is 13.0 Å². The number of carbonyl (C=O) groups is 2. The van der Waals surface area contributed by atoms with E-state index in [0.717, 1.165) is 0 Å². The highest BCUT2D eigenvalue weighted by Crippen LogP contribution is 2.43. The van der Waals surface area contributed by atoms with E-state index in [-0.39, 0.29) is 17.2 Å². The summed E-state index contributed by atoms with van der Waals surface area (Å²) in [6, 6.07) is 9.10. The maximum Gasteiger partial charge on any atom is 0.301 e. The van der Waals surface area contributed by atoms with E-state index in [1.165, 1.54) is 30.5 Å². The number of ketones is 1. The highest BCUT2D eigenvalue weighted by molar-refractivity contribution is 7.10. The predicted octanol–water partition coefficient (Wildman–Crippen LogP) is 3.69. The zero-order valence-corrected chi connectivity index (χ0v) is 17.2. The van der Waals surface area contributed by atoms with E-state index >= 15 is 0 Å². The van der Waals surface area contributed by atoms with Crippen molar-refractivity contribution in [1.82, 2.24) is 5.16 Å². The highest BCUT2D eigenvalue weighted by Gasteiger charge is 2.48. The summed E-state index contributed by atoms with van der Waals surface area (Å²) in [4.78, 5) is 27.8. The van der Waals surface area contributed by atoms with Gasteiger partial charge in [0.1, 0.15) is 17.6 Å². The normalized spacial score (nSPS) is 18.1. The monoisotopic (exact) mass is 426 g/mol. The quantitative estimate of drug-likeness (QED) is 0.377. The van der Waals surface area contributed by atoms with Gasteiger partial charge >= 0.3 is 5.91 Å². The second-order valence-corrected chi connectivity index (χ2v) is 7.53. The van der Waals surface area contributed by atoms with Crippen LogP contribution < -0.4 is 14.4 Å². The standard InChI is InChI=1S/C21H18N2O6S/c1-11-9-16(22-29-11)23-18(15-5-4-8-30-15)17(20(25)21(23)26)19(24)12-6-7-13(27-2)14(10-12)28-3/h4-10,18,24H,1-3H3/b19-17+.